The molecule has 0 aliphatic heterocycles. The smallest absolute Gasteiger partial charge is 0.153 e. The summed E-state index contributed by atoms with van der Waals surface area (Å²) in [6.07, 6.45) is 4.47. The summed E-state index contributed by atoms with van der Waals surface area (Å²) in [6.45, 7) is 3.92. The van der Waals surface area contributed by atoms with Crippen molar-refractivity contribution in [3.05, 3.63) is 41.3 Å². The molecule has 0 saturated heterocycles. The van der Waals surface area contributed by atoms with Crippen LogP contribution in [0, 0.1) is 0 Å². The quantitative estimate of drug-likeness (QED) is 0.829. The van der Waals surface area contributed by atoms with Gasteiger partial charge in [0.2, 0.25) is 0 Å². The number of hydrogen-bond acceptors (Lipinski definition) is 3. The maximum absolute atomic E-state index is 5.83. The molecule has 0 aromatic carbocycles. The van der Waals surface area contributed by atoms with Crippen LogP contribution in [0.3, 0.4) is 0 Å². The Hall–Kier alpha value is -1.39. The average Bonchev–Trinajstić information content (AvgIpc) is 2.77. The highest BCUT2D eigenvalue weighted by molar-refractivity contribution is 6.30. The summed E-state index contributed by atoms with van der Waals surface area (Å²) in [5.74, 6) is 0.785. The van der Waals surface area contributed by atoms with E-state index in [-0.39, 0.29) is 0 Å². The summed E-state index contributed by atoms with van der Waals surface area (Å²) >= 11 is 5.83. The lowest BCUT2D eigenvalue weighted by Crippen LogP contribution is -2.15. The van der Waals surface area contributed by atoms with Crippen LogP contribution >= 0.6 is 11.6 Å². The van der Waals surface area contributed by atoms with Crippen molar-refractivity contribution in [1.29, 1.82) is 0 Å². The van der Waals surface area contributed by atoms with E-state index in [2.05, 4.69) is 22.3 Å². The second-order valence-electron chi connectivity index (χ2n) is 3.77. The highest BCUT2D eigenvalue weighted by atomic mass is 35.5. The van der Waals surface area contributed by atoms with Gasteiger partial charge in [-0.3, -0.25) is 0 Å². The molecule has 0 unspecified atom stereocenters. The topological polar surface area (TPSA) is 42.7 Å². The van der Waals surface area contributed by atoms with Crippen molar-refractivity contribution < 1.29 is 0 Å². The molecule has 90 valence electrons. The molecule has 2 rings (SSSR count). The fourth-order valence-corrected chi connectivity index (χ4v) is 1.65. The minimum atomic E-state index is 0.612. The first-order chi connectivity index (χ1) is 8.29. The molecule has 4 nitrogen and oxygen atoms in total. The first-order valence-electron chi connectivity index (χ1n) is 5.67. The molecule has 0 amide bonds. The minimum Gasteiger partial charge on any atom is -0.311 e. The second kappa shape index (κ2) is 5.80. The monoisotopic (exact) mass is 250 g/mol. The van der Waals surface area contributed by atoms with E-state index in [1.165, 1.54) is 0 Å². The molecule has 0 fully saturated rings. The van der Waals surface area contributed by atoms with Gasteiger partial charge in [-0.25, -0.2) is 9.67 Å². The summed E-state index contributed by atoms with van der Waals surface area (Å²) in [6, 6.07) is 5.88. The van der Waals surface area contributed by atoms with Gasteiger partial charge in [0.1, 0.15) is 0 Å². The van der Waals surface area contributed by atoms with E-state index < -0.39 is 0 Å². The van der Waals surface area contributed by atoms with E-state index in [1.54, 1.807) is 17.1 Å². The Balaban J connectivity index is 2.11. The van der Waals surface area contributed by atoms with Gasteiger partial charge in [0, 0.05) is 6.54 Å². The van der Waals surface area contributed by atoms with Crippen LogP contribution in [0.4, 0.5) is 0 Å². The number of nitrogens with zero attached hydrogens (tertiary/aromatic N) is 3. The van der Waals surface area contributed by atoms with Gasteiger partial charge >= 0.3 is 0 Å². The van der Waals surface area contributed by atoms with Crippen molar-refractivity contribution in [2.45, 2.75) is 19.9 Å². The maximum Gasteiger partial charge on any atom is 0.153 e. The van der Waals surface area contributed by atoms with Gasteiger partial charge in [-0.1, -0.05) is 24.6 Å². The highest BCUT2D eigenvalue weighted by Gasteiger charge is 2.01. The van der Waals surface area contributed by atoms with Crippen molar-refractivity contribution in [1.82, 2.24) is 20.1 Å². The van der Waals surface area contributed by atoms with Crippen molar-refractivity contribution in [3.8, 4) is 5.82 Å². The van der Waals surface area contributed by atoms with Crippen LogP contribution in [0.2, 0.25) is 5.02 Å². The van der Waals surface area contributed by atoms with E-state index in [0.717, 1.165) is 31.0 Å². The number of rotatable bonds is 5. The summed E-state index contributed by atoms with van der Waals surface area (Å²) in [7, 11) is 0. The van der Waals surface area contributed by atoms with Crippen LogP contribution in [-0.4, -0.2) is 21.3 Å². The molecule has 2 aromatic heterocycles. The Labute approximate surface area is 106 Å². The molecule has 0 radical (unpaired) electrons. The van der Waals surface area contributed by atoms with Crippen molar-refractivity contribution in [2.24, 2.45) is 0 Å². The molecule has 2 aromatic rings. The lowest BCUT2D eigenvalue weighted by molar-refractivity contribution is 0.661. The number of hydrogen-bond donors (Lipinski definition) is 1. The Kier molecular flexibility index (Phi) is 4.12. The molecule has 17 heavy (non-hydrogen) atoms. The average molecular weight is 251 g/mol. The summed E-state index contributed by atoms with van der Waals surface area (Å²) in [4.78, 5) is 4.51. The third-order valence-corrected chi connectivity index (χ3v) is 2.51. The molecule has 1 N–H and O–H groups in total. The van der Waals surface area contributed by atoms with Crippen molar-refractivity contribution >= 4 is 11.6 Å². The first kappa shape index (κ1) is 12.1. The number of aromatic nitrogens is 3. The Morgan fingerprint density at radius 2 is 2.29 bits per heavy atom. The largest absolute Gasteiger partial charge is 0.311 e. The predicted octanol–water partition coefficient (Wildman–Crippen LogP) is 2.42. The molecule has 0 atom stereocenters. The van der Waals surface area contributed by atoms with Gasteiger partial charge in [0.15, 0.2) is 5.82 Å². The fourth-order valence-electron chi connectivity index (χ4n) is 1.51. The molecule has 0 aliphatic carbocycles. The van der Waals surface area contributed by atoms with Gasteiger partial charge in [0.05, 0.1) is 23.1 Å². The van der Waals surface area contributed by atoms with Crippen LogP contribution in [-0.2, 0) is 6.54 Å². The SMILES string of the molecule is CCCNCc1cccc(-n2cc(Cl)cn2)n1. The predicted molar refractivity (Wildman–Crippen MR) is 68.4 cm³/mol. The van der Waals surface area contributed by atoms with Crippen LogP contribution in [0.25, 0.3) is 5.82 Å². The van der Waals surface area contributed by atoms with Crippen LogP contribution in [0.1, 0.15) is 19.0 Å². The normalized spacial score (nSPS) is 10.7. The fraction of sp³-hybridized carbons (Fsp3) is 0.333. The Morgan fingerprint density at radius 3 is 3.00 bits per heavy atom. The first-order valence-corrected chi connectivity index (χ1v) is 6.04. The van der Waals surface area contributed by atoms with E-state index in [9.17, 15) is 0 Å². The molecular weight excluding hydrogens is 236 g/mol. The summed E-state index contributed by atoms with van der Waals surface area (Å²) in [5.41, 5.74) is 1.00. The van der Waals surface area contributed by atoms with Gasteiger partial charge in [-0.2, -0.15) is 5.10 Å². The molecule has 2 heterocycles. The van der Waals surface area contributed by atoms with Gasteiger partial charge in [-0.05, 0) is 25.1 Å². The van der Waals surface area contributed by atoms with E-state index in [4.69, 9.17) is 11.6 Å². The molecule has 0 spiro atoms. The number of halogens is 1. The zero-order chi connectivity index (χ0) is 12.1. The van der Waals surface area contributed by atoms with Crippen LogP contribution in [0.5, 0.6) is 0 Å². The molecule has 0 saturated carbocycles. The molecule has 0 aliphatic rings. The van der Waals surface area contributed by atoms with Gasteiger partial charge in [-0.15, -0.1) is 0 Å². The number of nitrogens with one attached hydrogen (secondary N) is 1. The maximum atomic E-state index is 5.83. The number of pyridine rings is 1. The van der Waals surface area contributed by atoms with Gasteiger partial charge < -0.3 is 5.32 Å². The summed E-state index contributed by atoms with van der Waals surface area (Å²) < 4.78 is 1.67. The van der Waals surface area contributed by atoms with Crippen LogP contribution < -0.4 is 5.32 Å². The van der Waals surface area contributed by atoms with Gasteiger partial charge in [0.25, 0.3) is 0 Å². The van der Waals surface area contributed by atoms with E-state index in [0.29, 0.717) is 5.02 Å². The lowest BCUT2D eigenvalue weighted by Gasteiger charge is -2.05. The standard InChI is InChI=1S/C12H15ClN4/c1-2-6-14-8-11-4-3-5-12(16-11)17-9-10(13)7-15-17/h3-5,7,9,14H,2,6,8H2,1H3. The van der Waals surface area contributed by atoms with Crippen LogP contribution in [0.15, 0.2) is 30.6 Å². The summed E-state index contributed by atoms with van der Waals surface area (Å²) in [5, 5.41) is 8.05. The van der Waals surface area contributed by atoms with Crippen molar-refractivity contribution in [2.75, 3.05) is 6.54 Å². The third-order valence-electron chi connectivity index (χ3n) is 2.31. The minimum absolute atomic E-state index is 0.612. The second-order valence-corrected chi connectivity index (χ2v) is 4.20. The highest BCUT2D eigenvalue weighted by Crippen LogP contribution is 2.10. The lowest BCUT2D eigenvalue weighted by atomic mass is 10.3. The Bertz CT molecular complexity index is 481. The van der Waals surface area contributed by atoms with E-state index >= 15 is 0 Å². The molecule has 5 heteroatoms. The molecule has 0 bridgehead atoms. The zero-order valence-electron chi connectivity index (χ0n) is 9.73. The Morgan fingerprint density at radius 1 is 1.41 bits per heavy atom. The molecular formula is C12H15ClN4. The van der Waals surface area contributed by atoms with E-state index in [1.807, 2.05) is 18.2 Å². The zero-order valence-corrected chi connectivity index (χ0v) is 10.5. The third kappa shape index (κ3) is 3.28. The van der Waals surface area contributed by atoms with Crippen molar-refractivity contribution in [3.63, 3.8) is 0 Å².